The number of carbonyl (C=O) groups excluding carboxylic acids is 1. The fourth-order valence-corrected chi connectivity index (χ4v) is 8.05. The molecule has 2 saturated carbocycles. The number of alkyl halides is 2. The maximum atomic E-state index is 13.4. The predicted molar refractivity (Wildman–Crippen MR) is 141 cm³/mol. The Bertz CT molecular complexity index is 1410. The van der Waals surface area contributed by atoms with Crippen molar-refractivity contribution in [2.75, 3.05) is 24.6 Å². The Morgan fingerprint density at radius 1 is 1.21 bits per heavy atom. The summed E-state index contributed by atoms with van der Waals surface area (Å²) in [5.74, 6) is 0.551. The molecule has 0 aromatic carbocycles. The fraction of sp³-hybridized carbons (Fsp3) is 0.615. The monoisotopic (exact) mass is 608 g/mol. The van der Waals surface area contributed by atoms with E-state index < -0.39 is 20.9 Å². The standard InChI is InChI=1S/C26H30F2N6O2SSe/c1-14-20(35)26(13-36-14)7-9-33(10-8-26)17-11-16(37-32-25(2)5-6-25)12-34-19(18(15-3-4-15)29-22(17)34)23-30-31-24(38-23)21(27)28/h11-12,14-15,21,32H,3-10,13H2,1-2H3. The molecule has 38 heavy (non-hydrogen) atoms. The molecule has 0 radical (unpaired) electrons. The Morgan fingerprint density at radius 2 is 1.97 bits per heavy atom. The van der Waals surface area contributed by atoms with Gasteiger partial charge < -0.3 is 0 Å². The Balaban J connectivity index is 1.30. The fourth-order valence-electron chi connectivity index (χ4n) is 5.58. The topological polar surface area (TPSA) is 84.7 Å². The number of nitrogens with zero attached hydrogens (tertiary/aromatic N) is 5. The molecule has 1 atom stereocenters. The SMILES string of the molecule is CC1OCC2(CCN(c3cc(SNC4(C)CC4)cn4c(-c5nnc(C(F)F)[se]5)c(C5CC5)nc34)CC2)C1=O. The van der Waals surface area contributed by atoms with E-state index in [0.717, 1.165) is 79.2 Å². The van der Waals surface area contributed by atoms with Gasteiger partial charge in [-0.05, 0) is 0 Å². The molecule has 0 amide bonds. The third-order valence-electron chi connectivity index (χ3n) is 8.47. The Labute approximate surface area is 229 Å². The van der Waals surface area contributed by atoms with E-state index in [0.29, 0.717) is 17.1 Å². The van der Waals surface area contributed by atoms with E-state index in [1.54, 1.807) is 11.9 Å². The summed E-state index contributed by atoms with van der Waals surface area (Å²) in [6.07, 6.45) is 5.04. The number of carbonyl (C=O) groups is 1. The first-order chi connectivity index (χ1) is 18.3. The number of ketones is 1. The summed E-state index contributed by atoms with van der Waals surface area (Å²) in [4.78, 5) is 21.4. The van der Waals surface area contributed by atoms with Crippen LogP contribution in [0.5, 0.6) is 0 Å². The van der Waals surface area contributed by atoms with Crippen molar-refractivity contribution in [3.8, 4) is 10.3 Å². The van der Waals surface area contributed by atoms with Gasteiger partial charge in [0.05, 0.1) is 0 Å². The van der Waals surface area contributed by atoms with Crippen molar-refractivity contribution < 1.29 is 18.3 Å². The molecule has 12 heteroatoms. The third-order valence-corrected chi connectivity index (χ3v) is 11.5. The number of ether oxygens (including phenoxy) is 1. The van der Waals surface area contributed by atoms with E-state index in [9.17, 15) is 13.6 Å². The molecular formula is C26H30F2N6O2SSe. The van der Waals surface area contributed by atoms with Gasteiger partial charge in [0.25, 0.3) is 0 Å². The van der Waals surface area contributed by atoms with Gasteiger partial charge >= 0.3 is 230 Å². The molecule has 7 rings (SSSR count). The zero-order valence-electron chi connectivity index (χ0n) is 21.4. The summed E-state index contributed by atoms with van der Waals surface area (Å²) in [5.41, 5.74) is 3.39. The van der Waals surface area contributed by atoms with Crippen LogP contribution in [0.25, 0.3) is 15.9 Å². The van der Waals surface area contributed by atoms with Gasteiger partial charge in [-0.2, -0.15) is 0 Å². The number of hydrogen-bond acceptors (Lipinski definition) is 8. The number of aromatic nitrogens is 4. The van der Waals surface area contributed by atoms with Crippen LogP contribution in [0.15, 0.2) is 17.2 Å². The van der Waals surface area contributed by atoms with Crippen LogP contribution in [-0.2, 0) is 9.53 Å². The Morgan fingerprint density at radius 3 is 2.58 bits per heavy atom. The third kappa shape index (κ3) is 4.32. The number of imidazole rings is 1. The average Bonchev–Trinajstić information content (AvgIpc) is 3.78. The molecule has 3 aromatic rings. The molecule has 2 aliphatic heterocycles. The summed E-state index contributed by atoms with van der Waals surface area (Å²) in [6, 6.07) is 2.18. The molecule has 4 fully saturated rings. The molecule has 202 valence electrons. The molecule has 1 spiro atoms. The van der Waals surface area contributed by atoms with Gasteiger partial charge in [-0.15, -0.1) is 0 Å². The Kier molecular flexibility index (Phi) is 6.01. The molecule has 5 heterocycles. The van der Waals surface area contributed by atoms with Gasteiger partial charge in [0.1, 0.15) is 0 Å². The minimum atomic E-state index is -2.59. The quantitative estimate of drug-likeness (QED) is 0.313. The average molecular weight is 608 g/mol. The predicted octanol–water partition coefficient (Wildman–Crippen LogP) is 4.39. The molecule has 1 unspecified atom stereocenters. The molecule has 2 aliphatic carbocycles. The van der Waals surface area contributed by atoms with Gasteiger partial charge in [0.2, 0.25) is 0 Å². The van der Waals surface area contributed by atoms with Crippen molar-refractivity contribution >= 4 is 43.6 Å². The van der Waals surface area contributed by atoms with Gasteiger partial charge in [-0.1, -0.05) is 0 Å². The Hall–Kier alpha value is -1.85. The van der Waals surface area contributed by atoms with Crippen molar-refractivity contribution in [3.05, 3.63) is 22.5 Å². The number of fused-ring (bicyclic) bond motifs is 1. The van der Waals surface area contributed by atoms with Crippen LogP contribution in [0.2, 0.25) is 0 Å². The van der Waals surface area contributed by atoms with Gasteiger partial charge in [0, 0.05) is 0 Å². The second kappa shape index (κ2) is 9.09. The van der Waals surface area contributed by atoms with Crippen LogP contribution in [0, 0.1) is 5.41 Å². The molecule has 0 bridgehead atoms. The van der Waals surface area contributed by atoms with Crippen molar-refractivity contribution in [2.24, 2.45) is 5.41 Å². The molecule has 2 saturated heterocycles. The maximum absolute atomic E-state index is 13.4. The van der Waals surface area contributed by atoms with Crippen molar-refractivity contribution in [1.82, 2.24) is 24.3 Å². The summed E-state index contributed by atoms with van der Waals surface area (Å²) in [6.45, 7) is 6.05. The van der Waals surface area contributed by atoms with E-state index in [1.807, 2.05) is 6.92 Å². The molecule has 3 aromatic heterocycles. The van der Waals surface area contributed by atoms with E-state index >= 15 is 0 Å². The summed E-state index contributed by atoms with van der Waals surface area (Å²) in [7, 11) is 0. The van der Waals surface area contributed by atoms with Crippen molar-refractivity contribution in [2.45, 2.75) is 81.3 Å². The first kappa shape index (κ1) is 25.1. The van der Waals surface area contributed by atoms with Crippen LogP contribution in [0.4, 0.5) is 14.5 Å². The second-order valence-electron chi connectivity index (χ2n) is 11.5. The van der Waals surface area contributed by atoms with Crippen LogP contribution in [0.3, 0.4) is 0 Å². The van der Waals surface area contributed by atoms with E-state index in [-0.39, 0.29) is 27.4 Å². The number of nitrogens with one attached hydrogen (secondary N) is 1. The first-order valence-electron chi connectivity index (χ1n) is 13.3. The second-order valence-corrected chi connectivity index (χ2v) is 14.5. The number of anilines is 1. The molecular weight excluding hydrogens is 577 g/mol. The molecule has 1 N–H and O–H groups in total. The summed E-state index contributed by atoms with van der Waals surface area (Å²) >= 11 is 0.978. The number of hydrogen-bond donors (Lipinski definition) is 1. The number of rotatable bonds is 7. The number of Topliss-reactive ketones (excluding diaryl/α,β-unsaturated/α-hetero) is 1. The molecule has 8 nitrogen and oxygen atoms in total. The summed E-state index contributed by atoms with van der Waals surface area (Å²) in [5, 5.41) is 8.07. The van der Waals surface area contributed by atoms with Crippen molar-refractivity contribution in [3.63, 3.8) is 0 Å². The van der Waals surface area contributed by atoms with Crippen LogP contribution in [-0.4, -0.2) is 71.2 Å². The first-order valence-corrected chi connectivity index (χ1v) is 15.8. The van der Waals surface area contributed by atoms with Crippen LogP contribution >= 0.6 is 11.9 Å². The van der Waals surface area contributed by atoms with Gasteiger partial charge in [-0.3, -0.25) is 0 Å². The van der Waals surface area contributed by atoms with Crippen molar-refractivity contribution in [1.29, 1.82) is 0 Å². The minimum absolute atomic E-state index is 0.128. The number of piperidine rings is 1. The van der Waals surface area contributed by atoms with Gasteiger partial charge in [-0.25, -0.2) is 0 Å². The zero-order valence-corrected chi connectivity index (χ0v) is 23.9. The van der Waals surface area contributed by atoms with E-state index in [1.165, 1.54) is 0 Å². The van der Waals surface area contributed by atoms with Gasteiger partial charge in [0.15, 0.2) is 0 Å². The zero-order chi connectivity index (χ0) is 26.2. The number of pyridine rings is 1. The van der Waals surface area contributed by atoms with E-state index in [4.69, 9.17) is 9.72 Å². The molecule has 4 aliphatic rings. The summed E-state index contributed by atoms with van der Waals surface area (Å²) < 4.78 is 38.8. The van der Waals surface area contributed by atoms with Crippen LogP contribution < -0.4 is 9.62 Å². The van der Waals surface area contributed by atoms with E-state index in [2.05, 4.69) is 43.4 Å². The van der Waals surface area contributed by atoms with Crippen LogP contribution in [0.1, 0.15) is 75.0 Å². The number of halogens is 2. The normalized spacial score (nSPS) is 24.3.